The van der Waals surface area contributed by atoms with Gasteiger partial charge in [0.1, 0.15) is 10.6 Å². The van der Waals surface area contributed by atoms with Crippen LogP contribution in [0.15, 0.2) is 16.3 Å². The molecule has 0 unspecified atom stereocenters. The van der Waals surface area contributed by atoms with Crippen molar-refractivity contribution in [2.75, 3.05) is 38.8 Å². The fourth-order valence-electron chi connectivity index (χ4n) is 3.54. The molecule has 0 aliphatic carbocycles. The number of piperidine rings is 1. The number of aromatic carboxylic acids is 1. The highest BCUT2D eigenvalue weighted by atomic mass is 32.1. The molecule has 3 heterocycles. The Morgan fingerprint density at radius 3 is 2.72 bits per heavy atom. The van der Waals surface area contributed by atoms with Gasteiger partial charge in [0.15, 0.2) is 5.13 Å². The molecule has 3 rings (SSSR count). The summed E-state index contributed by atoms with van der Waals surface area (Å²) >= 11 is 1.16. The number of methoxy groups -OCH3 is 2. The first kappa shape index (κ1) is 21.4. The van der Waals surface area contributed by atoms with Crippen molar-refractivity contribution in [3.05, 3.63) is 21.8 Å². The fourth-order valence-corrected chi connectivity index (χ4v) is 4.48. The number of nitrogens with one attached hydrogen (secondary N) is 1. The molecule has 1 amide bonds. The Labute approximate surface area is 173 Å². The van der Waals surface area contributed by atoms with Crippen molar-refractivity contribution < 1.29 is 24.2 Å². The summed E-state index contributed by atoms with van der Waals surface area (Å²) in [6, 6.07) is -0.154. The Hall–Kier alpha value is -2.30. The minimum atomic E-state index is -0.967. The monoisotopic (exact) mass is 422 g/mol. The molecule has 1 aromatic heterocycles. The lowest BCUT2D eigenvalue weighted by Gasteiger charge is -2.37. The highest BCUT2D eigenvalue weighted by molar-refractivity contribution is 7.17. The van der Waals surface area contributed by atoms with Gasteiger partial charge in [-0.2, -0.15) is 0 Å². The number of aliphatic imine (C=N–C) groups is 1. The number of aromatic nitrogens is 1. The molecule has 9 nitrogen and oxygen atoms in total. The fraction of sp³-hybridized carbons (Fsp3) is 0.579. The van der Waals surface area contributed by atoms with Gasteiger partial charge in [-0.25, -0.2) is 14.8 Å². The smallest absolute Gasteiger partial charge is 0.347 e. The van der Waals surface area contributed by atoms with Gasteiger partial charge in [-0.3, -0.25) is 4.79 Å². The standard InChI is InChI=1S/C19H26N4O5S/c1-10-7-13(21-14(10)9-27-3)17(24)22-12-5-6-23(8-15(12)28-4)19-20-11(2)16(29-19)18(25)26/h12,15H,5-9H2,1-4H3,(H,22,24)(H,25,26)/t12-,15+/m1/s1. The molecule has 0 saturated carbocycles. The van der Waals surface area contributed by atoms with Crippen LogP contribution in [0.1, 0.15) is 35.1 Å². The summed E-state index contributed by atoms with van der Waals surface area (Å²) in [5, 5.41) is 13.0. The number of thiazole rings is 1. The second-order valence-corrected chi connectivity index (χ2v) is 8.18. The molecule has 2 atom stereocenters. The van der Waals surface area contributed by atoms with Crippen LogP contribution in [0.4, 0.5) is 5.13 Å². The summed E-state index contributed by atoms with van der Waals surface area (Å²) < 4.78 is 10.7. The molecule has 0 radical (unpaired) electrons. The third-order valence-corrected chi connectivity index (χ3v) is 6.37. The van der Waals surface area contributed by atoms with Crippen molar-refractivity contribution in [2.45, 2.75) is 38.8 Å². The third kappa shape index (κ3) is 4.65. The molecule has 0 spiro atoms. The first-order valence-electron chi connectivity index (χ1n) is 9.38. The van der Waals surface area contributed by atoms with Gasteiger partial charge in [0, 0.05) is 33.7 Å². The van der Waals surface area contributed by atoms with Gasteiger partial charge in [-0.1, -0.05) is 11.3 Å². The predicted molar refractivity (Wildman–Crippen MR) is 110 cm³/mol. The maximum absolute atomic E-state index is 12.7. The lowest BCUT2D eigenvalue weighted by Crippen LogP contribution is -2.55. The van der Waals surface area contributed by atoms with E-state index in [0.29, 0.717) is 49.1 Å². The van der Waals surface area contributed by atoms with E-state index in [4.69, 9.17) is 9.47 Å². The molecular weight excluding hydrogens is 396 g/mol. The zero-order valence-corrected chi connectivity index (χ0v) is 17.8. The van der Waals surface area contributed by atoms with E-state index in [1.807, 2.05) is 11.8 Å². The molecule has 0 aromatic carbocycles. The molecule has 158 valence electrons. The van der Waals surface area contributed by atoms with Crippen LogP contribution in [0.25, 0.3) is 0 Å². The summed E-state index contributed by atoms with van der Waals surface area (Å²) in [5.41, 5.74) is 2.86. The van der Waals surface area contributed by atoms with Crippen molar-refractivity contribution in [1.82, 2.24) is 10.3 Å². The van der Waals surface area contributed by atoms with Crippen molar-refractivity contribution in [3.8, 4) is 0 Å². The van der Waals surface area contributed by atoms with Crippen LogP contribution in [0, 0.1) is 6.92 Å². The van der Waals surface area contributed by atoms with Gasteiger partial charge in [0.05, 0.1) is 30.1 Å². The maximum atomic E-state index is 12.7. The molecule has 2 aliphatic heterocycles. The summed E-state index contributed by atoms with van der Waals surface area (Å²) in [7, 11) is 3.22. The summed E-state index contributed by atoms with van der Waals surface area (Å²) in [6.45, 7) is 5.21. The SMILES string of the molecule is COCC1=C(C)CC(C(=O)N[C@@H]2CCN(c3nc(C)c(C(=O)O)s3)C[C@@H]2OC)=N1. The zero-order valence-electron chi connectivity index (χ0n) is 17.0. The van der Waals surface area contributed by atoms with E-state index in [9.17, 15) is 14.7 Å². The van der Waals surface area contributed by atoms with Crippen molar-refractivity contribution in [2.24, 2.45) is 4.99 Å². The second-order valence-electron chi connectivity index (χ2n) is 7.20. The molecule has 1 saturated heterocycles. The number of hydrogen-bond acceptors (Lipinski definition) is 8. The molecule has 29 heavy (non-hydrogen) atoms. The molecule has 0 bridgehead atoms. The molecule has 2 aliphatic rings. The molecule has 1 fully saturated rings. The topological polar surface area (TPSA) is 113 Å². The van der Waals surface area contributed by atoms with Crippen molar-refractivity contribution >= 4 is 34.1 Å². The summed E-state index contributed by atoms with van der Waals surface area (Å²) in [6.07, 6.45) is 0.951. The summed E-state index contributed by atoms with van der Waals surface area (Å²) in [5.74, 6) is -1.15. The molecule has 10 heteroatoms. The van der Waals surface area contributed by atoms with Gasteiger partial charge in [-0.05, 0) is 25.8 Å². The highest BCUT2D eigenvalue weighted by Gasteiger charge is 2.33. The Bertz CT molecular complexity index is 863. The Balaban J connectivity index is 1.63. The first-order valence-corrected chi connectivity index (χ1v) is 10.2. The van der Waals surface area contributed by atoms with E-state index >= 15 is 0 Å². The van der Waals surface area contributed by atoms with Crippen molar-refractivity contribution in [3.63, 3.8) is 0 Å². The van der Waals surface area contributed by atoms with Crippen LogP contribution in [0.5, 0.6) is 0 Å². The average molecular weight is 423 g/mol. The second kappa shape index (κ2) is 9.02. The number of amides is 1. The van der Waals surface area contributed by atoms with E-state index in [1.54, 1.807) is 21.1 Å². The number of allylic oxidation sites excluding steroid dienone is 1. The lowest BCUT2D eigenvalue weighted by molar-refractivity contribution is -0.116. The van der Waals surface area contributed by atoms with E-state index in [1.165, 1.54) is 0 Å². The van der Waals surface area contributed by atoms with Gasteiger partial charge in [0.2, 0.25) is 0 Å². The number of nitrogens with zero attached hydrogens (tertiary/aromatic N) is 3. The van der Waals surface area contributed by atoms with Crippen LogP contribution in [0.2, 0.25) is 0 Å². The number of anilines is 1. The number of ether oxygens (including phenoxy) is 2. The molecule has 1 aromatic rings. The molecular formula is C19H26N4O5S. The van der Waals surface area contributed by atoms with Crippen LogP contribution in [-0.2, 0) is 14.3 Å². The minimum absolute atomic E-state index is 0.154. The number of rotatable bonds is 7. The first-order chi connectivity index (χ1) is 13.8. The third-order valence-electron chi connectivity index (χ3n) is 5.17. The number of aryl methyl sites for hydroxylation is 1. The van der Waals surface area contributed by atoms with Crippen LogP contribution >= 0.6 is 11.3 Å². The number of carbonyl (C=O) groups excluding carboxylic acids is 1. The number of carbonyl (C=O) groups is 2. The minimum Gasteiger partial charge on any atom is -0.477 e. The molecule has 2 N–H and O–H groups in total. The number of hydrogen-bond donors (Lipinski definition) is 2. The van der Waals surface area contributed by atoms with Gasteiger partial charge in [0.25, 0.3) is 5.91 Å². The predicted octanol–water partition coefficient (Wildman–Crippen LogP) is 1.62. The lowest BCUT2D eigenvalue weighted by atomic mass is 10.0. The Morgan fingerprint density at radius 2 is 2.10 bits per heavy atom. The zero-order chi connectivity index (χ0) is 21.1. The van der Waals surface area contributed by atoms with E-state index in [2.05, 4.69) is 15.3 Å². The normalized spacial score (nSPS) is 22.1. The largest absolute Gasteiger partial charge is 0.477 e. The van der Waals surface area contributed by atoms with Crippen LogP contribution in [-0.4, -0.2) is 73.7 Å². The quantitative estimate of drug-likeness (QED) is 0.686. The van der Waals surface area contributed by atoms with E-state index in [0.717, 1.165) is 22.6 Å². The Morgan fingerprint density at radius 1 is 1.34 bits per heavy atom. The number of carboxylic acids is 1. The van der Waals surface area contributed by atoms with Crippen molar-refractivity contribution in [1.29, 1.82) is 0 Å². The van der Waals surface area contributed by atoms with E-state index < -0.39 is 5.97 Å². The van der Waals surface area contributed by atoms with Crippen LogP contribution in [0.3, 0.4) is 0 Å². The number of carboxylic acid groups (broad SMARTS) is 1. The Kier molecular flexibility index (Phi) is 6.66. The highest BCUT2D eigenvalue weighted by Crippen LogP contribution is 2.29. The maximum Gasteiger partial charge on any atom is 0.347 e. The van der Waals surface area contributed by atoms with Gasteiger partial charge in [-0.15, -0.1) is 0 Å². The summed E-state index contributed by atoms with van der Waals surface area (Å²) in [4.78, 5) is 35.0. The van der Waals surface area contributed by atoms with Gasteiger partial charge < -0.3 is 24.8 Å². The van der Waals surface area contributed by atoms with Gasteiger partial charge >= 0.3 is 5.97 Å². The average Bonchev–Trinajstić information content (AvgIpc) is 3.25. The van der Waals surface area contributed by atoms with E-state index in [-0.39, 0.29) is 22.9 Å². The van der Waals surface area contributed by atoms with Crippen LogP contribution < -0.4 is 10.2 Å².